The number of amides is 2. The first-order chi connectivity index (χ1) is 13.8. The van der Waals surface area contributed by atoms with Gasteiger partial charge in [-0.2, -0.15) is 0 Å². The van der Waals surface area contributed by atoms with Crippen molar-refractivity contribution in [2.75, 3.05) is 45.9 Å². The lowest BCUT2D eigenvalue weighted by molar-refractivity contribution is -0.905. The summed E-state index contributed by atoms with van der Waals surface area (Å²) in [5, 5.41) is 4.33. The molecule has 1 aromatic rings. The molecule has 0 bridgehead atoms. The lowest BCUT2D eigenvalue weighted by Gasteiger charge is -2.37. The van der Waals surface area contributed by atoms with Gasteiger partial charge in [0, 0.05) is 6.92 Å². The summed E-state index contributed by atoms with van der Waals surface area (Å²) < 4.78 is 10.2. The number of hydrogen-bond donors (Lipinski definition) is 2. The van der Waals surface area contributed by atoms with E-state index in [0.29, 0.717) is 31.1 Å². The zero-order valence-electron chi connectivity index (χ0n) is 17.0. The van der Waals surface area contributed by atoms with Crippen LogP contribution >= 0.6 is 11.3 Å². The third-order valence-electron chi connectivity index (χ3n) is 4.64. The van der Waals surface area contributed by atoms with Crippen molar-refractivity contribution in [1.29, 1.82) is 0 Å². The first-order valence-corrected chi connectivity index (χ1v) is 10.5. The summed E-state index contributed by atoms with van der Waals surface area (Å²) in [7, 11) is 0. The number of ether oxygens (including phenoxy) is 2. The Bertz CT molecular complexity index is 710. The molecule has 1 aliphatic heterocycles. The van der Waals surface area contributed by atoms with Crippen LogP contribution in [0.3, 0.4) is 0 Å². The molecule has 1 aromatic heterocycles. The topological polar surface area (TPSA) is 106 Å². The van der Waals surface area contributed by atoms with Crippen molar-refractivity contribution in [2.45, 2.75) is 26.3 Å². The Labute approximate surface area is 173 Å². The van der Waals surface area contributed by atoms with E-state index in [2.05, 4.69) is 5.32 Å². The molecule has 0 atom stereocenters. The van der Waals surface area contributed by atoms with Crippen LogP contribution in [0.5, 0.6) is 0 Å². The smallest absolute Gasteiger partial charge is 0.349 e. The normalized spacial score (nSPS) is 14.9. The number of piperazine rings is 1. The molecule has 10 heteroatoms. The first-order valence-electron chi connectivity index (χ1n) is 9.63. The highest BCUT2D eigenvalue weighted by Gasteiger charge is 2.54. The first kappa shape index (κ1) is 22.8. The lowest BCUT2D eigenvalue weighted by Crippen LogP contribution is -3.17. The van der Waals surface area contributed by atoms with Crippen molar-refractivity contribution < 1.29 is 33.6 Å². The predicted molar refractivity (Wildman–Crippen MR) is 106 cm³/mol. The van der Waals surface area contributed by atoms with Crippen molar-refractivity contribution in [3.05, 3.63) is 22.4 Å². The Morgan fingerprint density at radius 3 is 2.17 bits per heavy atom. The fourth-order valence-electron chi connectivity index (χ4n) is 3.32. The number of nitrogens with one attached hydrogen (secondary N) is 2. The van der Waals surface area contributed by atoms with E-state index in [9.17, 15) is 19.2 Å². The maximum Gasteiger partial charge on any atom is 0.349 e. The van der Waals surface area contributed by atoms with E-state index in [1.807, 2.05) is 11.4 Å². The summed E-state index contributed by atoms with van der Waals surface area (Å²) in [5.41, 5.74) is -1.91. The number of carbonyl (C=O) groups is 4. The molecular formula is C19H28N3O6S+. The van der Waals surface area contributed by atoms with Gasteiger partial charge >= 0.3 is 11.9 Å². The molecule has 2 amide bonds. The molecule has 0 unspecified atom stereocenters. The number of esters is 2. The minimum atomic E-state index is -1.91. The zero-order chi connectivity index (χ0) is 21.4. The summed E-state index contributed by atoms with van der Waals surface area (Å²) in [6.45, 7) is 6.63. The van der Waals surface area contributed by atoms with E-state index in [1.54, 1.807) is 24.8 Å². The average molecular weight is 427 g/mol. The Morgan fingerprint density at radius 1 is 1.14 bits per heavy atom. The third kappa shape index (κ3) is 5.54. The van der Waals surface area contributed by atoms with E-state index >= 15 is 0 Å². The van der Waals surface area contributed by atoms with Gasteiger partial charge in [-0.25, -0.2) is 9.59 Å². The summed E-state index contributed by atoms with van der Waals surface area (Å²) in [5.74, 6) is -2.23. The second-order valence-electron chi connectivity index (χ2n) is 6.72. The fourth-order valence-corrected chi connectivity index (χ4v) is 4.01. The van der Waals surface area contributed by atoms with Crippen molar-refractivity contribution >= 4 is 35.1 Å². The van der Waals surface area contributed by atoms with Crippen LogP contribution in [-0.4, -0.2) is 80.1 Å². The van der Waals surface area contributed by atoms with Gasteiger partial charge < -0.3 is 24.6 Å². The molecule has 2 heterocycles. The van der Waals surface area contributed by atoms with Gasteiger partial charge in [0.2, 0.25) is 5.91 Å². The van der Waals surface area contributed by atoms with Gasteiger partial charge in [0.05, 0.1) is 44.3 Å². The van der Waals surface area contributed by atoms with E-state index < -0.39 is 23.4 Å². The van der Waals surface area contributed by atoms with Crippen LogP contribution in [0.4, 0.5) is 0 Å². The summed E-state index contributed by atoms with van der Waals surface area (Å²) >= 11 is 1.39. The highest BCUT2D eigenvalue weighted by atomic mass is 32.1. The number of carbonyl (C=O) groups excluding carboxylic acids is 4. The molecule has 0 radical (unpaired) electrons. The molecule has 0 aliphatic carbocycles. The molecule has 0 saturated carbocycles. The van der Waals surface area contributed by atoms with Gasteiger partial charge in [-0.15, -0.1) is 11.3 Å². The van der Waals surface area contributed by atoms with Crippen LogP contribution in [0.1, 0.15) is 30.4 Å². The number of rotatable bonds is 8. The molecule has 0 spiro atoms. The number of quaternary nitrogens is 1. The zero-order valence-corrected chi connectivity index (χ0v) is 17.8. The summed E-state index contributed by atoms with van der Waals surface area (Å²) in [6.07, 6.45) is 0. The molecule has 1 aliphatic rings. The Balaban J connectivity index is 2.14. The maximum atomic E-state index is 12.7. The van der Waals surface area contributed by atoms with E-state index in [1.165, 1.54) is 18.3 Å². The highest BCUT2D eigenvalue weighted by Crippen LogP contribution is 2.13. The Morgan fingerprint density at radius 2 is 1.72 bits per heavy atom. The third-order valence-corrected chi connectivity index (χ3v) is 5.50. The Hall–Kier alpha value is -2.46. The molecule has 160 valence electrons. The van der Waals surface area contributed by atoms with Gasteiger partial charge in [0.15, 0.2) is 0 Å². The van der Waals surface area contributed by atoms with Crippen molar-refractivity contribution in [3.8, 4) is 0 Å². The molecule has 0 aromatic carbocycles. The van der Waals surface area contributed by atoms with Gasteiger partial charge in [-0.05, 0) is 25.3 Å². The fraction of sp³-hybridized carbons (Fsp3) is 0.579. The molecule has 1 saturated heterocycles. The van der Waals surface area contributed by atoms with Gasteiger partial charge in [0.25, 0.3) is 11.4 Å². The van der Waals surface area contributed by atoms with Crippen LogP contribution in [0, 0.1) is 0 Å². The largest absolute Gasteiger partial charge is 0.464 e. The second-order valence-corrected chi connectivity index (χ2v) is 7.67. The average Bonchev–Trinajstić information content (AvgIpc) is 3.22. The SMILES string of the molecule is CCOC(=O)C(C[NH+]1CCN(C(=O)c2cccs2)CC1)(NC(C)=O)C(=O)OCC. The van der Waals surface area contributed by atoms with E-state index in [0.717, 1.165) is 4.90 Å². The number of hydrogen-bond acceptors (Lipinski definition) is 7. The predicted octanol–water partition coefficient (Wildman–Crippen LogP) is -0.910. The number of nitrogens with zero attached hydrogens (tertiary/aromatic N) is 1. The lowest BCUT2D eigenvalue weighted by atomic mass is 9.97. The summed E-state index contributed by atoms with van der Waals surface area (Å²) in [4.78, 5) is 53.1. The van der Waals surface area contributed by atoms with Crippen LogP contribution in [0.15, 0.2) is 17.5 Å². The quantitative estimate of drug-likeness (QED) is 0.412. The van der Waals surface area contributed by atoms with Crippen LogP contribution < -0.4 is 10.2 Å². The van der Waals surface area contributed by atoms with Crippen molar-refractivity contribution in [1.82, 2.24) is 10.2 Å². The maximum absolute atomic E-state index is 12.7. The summed E-state index contributed by atoms with van der Waals surface area (Å²) in [6, 6.07) is 3.62. The molecule has 2 N–H and O–H groups in total. The molecular weight excluding hydrogens is 398 g/mol. The molecule has 9 nitrogen and oxygen atoms in total. The van der Waals surface area contributed by atoms with E-state index in [-0.39, 0.29) is 25.7 Å². The monoisotopic (exact) mass is 426 g/mol. The van der Waals surface area contributed by atoms with Gasteiger partial charge in [0.1, 0.15) is 6.54 Å². The van der Waals surface area contributed by atoms with Crippen LogP contribution in [0.2, 0.25) is 0 Å². The minimum Gasteiger partial charge on any atom is -0.464 e. The van der Waals surface area contributed by atoms with Crippen LogP contribution in [-0.2, 0) is 23.9 Å². The Kier molecular flexibility index (Phi) is 8.15. The highest BCUT2D eigenvalue weighted by molar-refractivity contribution is 7.12. The molecule has 2 rings (SSSR count). The van der Waals surface area contributed by atoms with Crippen molar-refractivity contribution in [2.24, 2.45) is 0 Å². The van der Waals surface area contributed by atoms with E-state index in [4.69, 9.17) is 9.47 Å². The van der Waals surface area contributed by atoms with Gasteiger partial charge in [-0.1, -0.05) is 6.07 Å². The van der Waals surface area contributed by atoms with Crippen LogP contribution in [0.25, 0.3) is 0 Å². The molecule has 1 fully saturated rings. The molecule has 29 heavy (non-hydrogen) atoms. The second kappa shape index (κ2) is 10.4. The standard InChI is InChI=1S/C19H27N3O6S/c1-4-27-17(25)19(20-14(3)23,18(26)28-5-2)13-21-8-10-22(11-9-21)16(24)15-7-6-12-29-15/h6-7,12H,4-5,8-11,13H2,1-3H3,(H,20,23)/p+1. The number of thiophene rings is 1. The minimum absolute atomic E-state index is 0.00865. The van der Waals surface area contributed by atoms with Crippen molar-refractivity contribution in [3.63, 3.8) is 0 Å². The van der Waals surface area contributed by atoms with Gasteiger partial charge in [-0.3, -0.25) is 9.59 Å².